The molecule has 0 spiro atoms. The third kappa shape index (κ3) is 3.16. The van der Waals surface area contributed by atoms with Crippen molar-refractivity contribution < 1.29 is 13.9 Å². The number of rotatable bonds is 3. The largest absolute Gasteiger partial charge is 0.376 e. The second kappa shape index (κ2) is 6.77. The summed E-state index contributed by atoms with van der Waals surface area (Å²) in [4.78, 5) is 14.9. The van der Waals surface area contributed by atoms with Gasteiger partial charge in [-0.2, -0.15) is 0 Å². The minimum absolute atomic E-state index is 0.0321. The minimum Gasteiger partial charge on any atom is -0.376 e. The Balaban J connectivity index is 1.72. The number of amides is 1. The number of nitrogens with one attached hydrogen (secondary N) is 1. The number of nitrogens with zero attached hydrogens (tertiary/aromatic N) is 1. The maximum atomic E-state index is 13.6. The van der Waals surface area contributed by atoms with Crippen LogP contribution in [0.4, 0.5) is 10.1 Å². The fourth-order valence-electron chi connectivity index (χ4n) is 3.43. The molecule has 2 aromatic rings. The van der Waals surface area contributed by atoms with E-state index in [1.165, 1.54) is 6.07 Å². The number of halogens is 2. The molecule has 4 rings (SSSR count). The number of fused-ring (bicyclic) bond motifs is 1. The van der Waals surface area contributed by atoms with E-state index in [1.807, 2.05) is 24.3 Å². The van der Waals surface area contributed by atoms with Gasteiger partial charge in [0.2, 0.25) is 0 Å². The van der Waals surface area contributed by atoms with Crippen LogP contribution in [0.2, 0.25) is 0 Å². The van der Waals surface area contributed by atoms with E-state index in [1.54, 1.807) is 17.0 Å². The third-order valence-corrected chi connectivity index (χ3v) is 5.31. The SMILES string of the molecule is O=C1c2ccccc2N[C@H](c2ccc(F)c(Br)c2)N1C[C@@H]1CCCO1. The van der Waals surface area contributed by atoms with Gasteiger partial charge in [0.25, 0.3) is 5.91 Å². The van der Waals surface area contributed by atoms with Crippen molar-refractivity contribution in [2.45, 2.75) is 25.1 Å². The number of ether oxygens (including phenoxy) is 1. The van der Waals surface area contributed by atoms with Crippen molar-refractivity contribution in [3.8, 4) is 0 Å². The molecule has 2 aromatic carbocycles. The maximum absolute atomic E-state index is 13.6. The van der Waals surface area contributed by atoms with E-state index in [2.05, 4.69) is 21.2 Å². The predicted molar refractivity (Wildman–Crippen MR) is 96.9 cm³/mol. The van der Waals surface area contributed by atoms with Crippen molar-refractivity contribution in [3.63, 3.8) is 0 Å². The number of benzene rings is 2. The Hall–Kier alpha value is -1.92. The van der Waals surface area contributed by atoms with Crippen LogP contribution >= 0.6 is 15.9 Å². The molecule has 2 aliphatic rings. The first kappa shape index (κ1) is 16.5. The Morgan fingerprint density at radius 1 is 1.28 bits per heavy atom. The van der Waals surface area contributed by atoms with Crippen LogP contribution in [-0.4, -0.2) is 30.1 Å². The fraction of sp³-hybridized carbons (Fsp3) is 0.316. The summed E-state index contributed by atoms with van der Waals surface area (Å²) in [5.74, 6) is -0.354. The van der Waals surface area contributed by atoms with Gasteiger partial charge in [0.05, 0.1) is 16.1 Å². The van der Waals surface area contributed by atoms with Crippen molar-refractivity contribution >= 4 is 27.5 Å². The van der Waals surface area contributed by atoms with Gasteiger partial charge < -0.3 is 15.0 Å². The molecule has 130 valence electrons. The molecule has 2 aliphatic heterocycles. The fourth-order valence-corrected chi connectivity index (χ4v) is 3.83. The second-order valence-electron chi connectivity index (χ2n) is 6.36. The molecular formula is C19H18BrFN2O2. The van der Waals surface area contributed by atoms with Gasteiger partial charge in [0, 0.05) is 18.8 Å². The first-order chi connectivity index (χ1) is 12.1. The van der Waals surface area contributed by atoms with Crippen molar-refractivity contribution in [2.75, 3.05) is 18.5 Å². The molecule has 0 unspecified atom stereocenters. The Kier molecular flexibility index (Phi) is 4.48. The highest BCUT2D eigenvalue weighted by atomic mass is 79.9. The van der Waals surface area contributed by atoms with E-state index < -0.39 is 0 Å². The second-order valence-corrected chi connectivity index (χ2v) is 7.21. The molecule has 2 heterocycles. The van der Waals surface area contributed by atoms with Gasteiger partial charge >= 0.3 is 0 Å². The Morgan fingerprint density at radius 3 is 2.88 bits per heavy atom. The lowest BCUT2D eigenvalue weighted by atomic mass is 10.0. The molecule has 1 N–H and O–H groups in total. The van der Waals surface area contributed by atoms with Crippen molar-refractivity contribution in [2.24, 2.45) is 0 Å². The normalized spacial score (nSPS) is 22.6. The highest BCUT2D eigenvalue weighted by Crippen LogP contribution is 2.35. The highest BCUT2D eigenvalue weighted by Gasteiger charge is 2.35. The number of hydrogen-bond acceptors (Lipinski definition) is 3. The van der Waals surface area contributed by atoms with E-state index >= 15 is 0 Å². The average Bonchev–Trinajstić information content (AvgIpc) is 3.13. The lowest BCUT2D eigenvalue weighted by Crippen LogP contribution is -2.46. The highest BCUT2D eigenvalue weighted by molar-refractivity contribution is 9.10. The van der Waals surface area contributed by atoms with E-state index in [0.717, 1.165) is 30.7 Å². The first-order valence-electron chi connectivity index (χ1n) is 8.36. The lowest BCUT2D eigenvalue weighted by molar-refractivity contribution is 0.0427. The molecule has 1 fully saturated rings. The summed E-state index contributed by atoms with van der Waals surface area (Å²) in [6, 6.07) is 12.3. The molecule has 0 aliphatic carbocycles. The topological polar surface area (TPSA) is 41.6 Å². The van der Waals surface area contributed by atoms with E-state index in [9.17, 15) is 9.18 Å². The molecule has 2 atom stereocenters. The zero-order valence-electron chi connectivity index (χ0n) is 13.5. The lowest BCUT2D eigenvalue weighted by Gasteiger charge is -2.39. The van der Waals surface area contributed by atoms with Gasteiger partial charge in [-0.15, -0.1) is 0 Å². The van der Waals surface area contributed by atoms with Crippen molar-refractivity contribution in [1.82, 2.24) is 4.90 Å². The maximum Gasteiger partial charge on any atom is 0.257 e. The van der Waals surface area contributed by atoms with Crippen LogP contribution in [0.25, 0.3) is 0 Å². The van der Waals surface area contributed by atoms with E-state index in [-0.39, 0.29) is 24.0 Å². The summed E-state index contributed by atoms with van der Waals surface area (Å²) >= 11 is 3.24. The number of carbonyl (C=O) groups is 1. The minimum atomic E-state index is -0.358. The van der Waals surface area contributed by atoms with Gasteiger partial charge in [0.1, 0.15) is 12.0 Å². The zero-order chi connectivity index (χ0) is 17.4. The molecule has 0 aromatic heterocycles. The molecule has 25 heavy (non-hydrogen) atoms. The van der Waals surface area contributed by atoms with Gasteiger partial charge in [-0.3, -0.25) is 4.79 Å². The van der Waals surface area contributed by atoms with E-state index in [0.29, 0.717) is 16.6 Å². The van der Waals surface area contributed by atoms with Gasteiger partial charge in [-0.25, -0.2) is 4.39 Å². The smallest absolute Gasteiger partial charge is 0.257 e. The predicted octanol–water partition coefficient (Wildman–Crippen LogP) is 4.33. The summed E-state index contributed by atoms with van der Waals surface area (Å²) in [5.41, 5.74) is 2.27. The molecule has 4 nitrogen and oxygen atoms in total. The molecule has 1 amide bonds. The summed E-state index contributed by atoms with van der Waals surface area (Å²) in [6.07, 6.45) is 1.65. The third-order valence-electron chi connectivity index (χ3n) is 4.71. The summed E-state index contributed by atoms with van der Waals surface area (Å²) in [5, 5.41) is 3.42. The van der Waals surface area contributed by atoms with Crippen molar-refractivity contribution in [3.05, 3.63) is 63.9 Å². The zero-order valence-corrected chi connectivity index (χ0v) is 15.1. The molecule has 0 saturated carbocycles. The Bertz CT molecular complexity index is 808. The van der Waals surface area contributed by atoms with Crippen LogP contribution in [0.5, 0.6) is 0 Å². The van der Waals surface area contributed by atoms with Crippen LogP contribution < -0.4 is 5.32 Å². The Morgan fingerprint density at radius 2 is 2.12 bits per heavy atom. The number of anilines is 1. The van der Waals surface area contributed by atoms with Crippen LogP contribution in [0.15, 0.2) is 46.9 Å². The first-order valence-corrected chi connectivity index (χ1v) is 9.16. The number of hydrogen-bond donors (Lipinski definition) is 1. The van der Waals surface area contributed by atoms with Crippen molar-refractivity contribution in [1.29, 1.82) is 0 Å². The molecule has 0 bridgehead atoms. The van der Waals surface area contributed by atoms with Gasteiger partial charge in [0.15, 0.2) is 0 Å². The monoisotopic (exact) mass is 404 g/mol. The molecule has 1 saturated heterocycles. The average molecular weight is 405 g/mol. The van der Waals surface area contributed by atoms with Gasteiger partial charge in [-0.1, -0.05) is 18.2 Å². The molecule has 0 radical (unpaired) electrons. The standard InChI is InChI=1S/C19H18BrFN2O2/c20-15-10-12(7-8-16(15)21)18-22-17-6-2-1-5-14(17)19(24)23(18)11-13-4-3-9-25-13/h1-2,5-8,10,13,18,22H,3-4,9,11H2/t13-,18-/m0/s1. The molecular weight excluding hydrogens is 387 g/mol. The van der Waals surface area contributed by atoms with Crippen LogP contribution in [0, 0.1) is 5.82 Å². The number of carbonyl (C=O) groups excluding carboxylic acids is 1. The quantitative estimate of drug-likeness (QED) is 0.827. The van der Waals surface area contributed by atoms with Crippen LogP contribution in [0.1, 0.15) is 34.9 Å². The summed E-state index contributed by atoms with van der Waals surface area (Å²) in [7, 11) is 0. The number of para-hydroxylation sites is 1. The van der Waals surface area contributed by atoms with Crippen LogP contribution in [-0.2, 0) is 4.74 Å². The summed E-state index contributed by atoms with van der Waals surface area (Å²) in [6.45, 7) is 1.25. The van der Waals surface area contributed by atoms with E-state index in [4.69, 9.17) is 4.74 Å². The summed E-state index contributed by atoms with van der Waals surface area (Å²) < 4.78 is 19.8. The van der Waals surface area contributed by atoms with Gasteiger partial charge in [-0.05, 0) is 58.6 Å². The molecule has 6 heteroatoms. The Labute approximate surface area is 154 Å². The van der Waals surface area contributed by atoms with Crippen LogP contribution in [0.3, 0.4) is 0 Å².